The van der Waals surface area contributed by atoms with Crippen LogP contribution in [0, 0.1) is 5.82 Å². The highest BCUT2D eigenvalue weighted by Crippen LogP contribution is 2.20. The summed E-state index contributed by atoms with van der Waals surface area (Å²) in [6.45, 7) is 0. The number of benzene rings is 2. The van der Waals surface area contributed by atoms with Gasteiger partial charge in [-0.1, -0.05) is 34.1 Å². The second-order valence-corrected chi connectivity index (χ2v) is 5.95. The molecule has 1 aromatic heterocycles. The van der Waals surface area contributed by atoms with Gasteiger partial charge in [-0.05, 0) is 36.4 Å². The molecule has 0 atom stereocenters. The van der Waals surface area contributed by atoms with Crippen molar-refractivity contribution < 1.29 is 9.18 Å². The monoisotopic (exact) mass is 385 g/mol. The highest BCUT2D eigenvalue weighted by atomic mass is 79.9. The van der Waals surface area contributed by atoms with E-state index in [2.05, 4.69) is 31.5 Å². The molecule has 0 aliphatic heterocycles. The van der Waals surface area contributed by atoms with E-state index < -0.39 is 0 Å². The third-order valence-electron chi connectivity index (χ3n) is 3.24. The molecule has 120 valence electrons. The second-order valence-electron chi connectivity index (χ2n) is 5.03. The van der Waals surface area contributed by atoms with Gasteiger partial charge in [0.15, 0.2) is 0 Å². The molecule has 0 bridgehead atoms. The molecule has 1 heterocycles. The van der Waals surface area contributed by atoms with E-state index >= 15 is 0 Å². The molecule has 1 amide bonds. The Bertz CT molecular complexity index is 885. The first kappa shape index (κ1) is 16.1. The van der Waals surface area contributed by atoms with E-state index in [0.29, 0.717) is 22.6 Å². The van der Waals surface area contributed by atoms with Gasteiger partial charge in [0.05, 0.1) is 23.1 Å². The van der Waals surface area contributed by atoms with Crippen LogP contribution in [0.5, 0.6) is 0 Å². The first-order valence-electron chi connectivity index (χ1n) is 7.15. The van der Waals surface area contributed by atoms with Gasteiger partial charge in [0.1, 0.15) is 5.82 Å². The van der Waals surface area contributed by atoms with E-state index in [4.69, 9.17) is 0 Å². The summed E-state index contributed by atoms with van der Waals surface area (Å²) in [6.07, 6.45) is 2.99. The Morgan fingerprint density at radius 3 is 2.62 bits per heavy atom. The van der Waals surface area contributed by atoms with Crippen LogP contribution >= 0.6 is 15.9 Å². The number of nitrogens with zero attached hydrogens (tertiary/aromatic N) is 1. The van der Waals surface area contributed by atoms with E-state index in [1.165, 1.54) is 18.5 Å². The summed E-state index contributed by atoms with van der Waals surface area (Å²) in [7, 11) is 0. The number of pyridine rings is 1. The lowest BCUT2D eigenvalue weighted by Gasteiger charge is -2.09. The minimum absolute atomic E-state index is 0.294. The Balaban J connectivity index is 1.77. The summed E-state index contributed by atoms with van der Waals surface area (Å²) >= 11 is 3.35. The molecule has 3 aromatic rings. The van der Waals surface area contributed by atoms with E-state index in [-0.39, 0.29) is 11.7 Å². The zero-order valence-electron chi connectivity index (χ0n) is 12.5. The highest BCUT2D eigenvalue weighted by molar-refractivity contribution is 9.10. The van der Waals surface area contributed by atoms with Crippen molar-refractivity contribution in [3.8, 4) is 0 Å². The zero-order valence-corrected chi connectivity index (χ0v) is 14.0. The van der Waals surface area contributed by atoms with Crippen LogP contribution in [0.4, 0.5) is 21.5 Å². The molecule has 0 spiro atoms. The van der Waals surface area contributed by atoms with Crippen molar-refractivity contribution in [3.63, 3.8) is 0 Å². The normalized spacial score (nSPS) is 10.2. The predicted molar refractivity (Wildman–Crippen MR) is 96.0 cm³/mol. The van der Waals surface area contributed by atoms with Gasteiger partial charge in [-0.25, -0.2) is 4.39 Å². The molecule has 0 aliphatic carbocycles. The van der Waals surface area contributed by atoms with Crippen LogP contribution in [0.25, 0.3) is 0 Å². The second kappa shape index (κ2) is 7.23. The number of carbonyl (C=O) groups excluding carboxylic acids is 1. The minimum atomic E-state index is -0.374. The van der Waals surface area contributed by atoms with Gasteiger partial charge in [-0.2, -0.15) is 0 Å². The number of amides is 1. The minimum Gasteiger partial charge on any atom is -0.352 e. The lowest BCUT2D eigenvalue weighted by molar-refractivity contribution is 0.102. The molecule has 6 heteroatoms. The SMILES string of the molecule is O=C(Nc1cccc(Br)c1)c1cncc(Nc2ccccc2F)c1. The Morgan fingerprint density at radius 1 is 1.00 bits per heavy atom. The number of hydrogen-bond acceptors (Lipinski definition) is 3. The number of rotatable bonds is 4. The van der Waals surface area contributed by atoms with Crippen molar-refractivity contribution in [2.24, 2.45) is 0 Å². The molecule has 0 unspecified atom stereocenters. The molecule has 0 fully saturated rings. The maximum absolute atomic E-state index is 13.7. The summed E-state index contributed by atoms with van der Waals surface area (Å²) < 4.78 is 14.6. The van der Waals surface area contributed by atoms with E-state index in [1.54, 1.807) is 36.4 Å². The summed E-state index contributed by atoms with van der Waals surface area (Å²) in [5, 5.41) is 5.71. The van der Waals surface area contributed by atoms with Crippen LogP contribution in [0.2, 0.25) is 0 Å². The van der Waals surface area contributed by atoms with Crippen LogP contribution in [-0.2, 0) is 0 Å². The molecule has 4 nitrogen and oxygen atoms in total. The topological polar surface area (TPSA) is 54.0 Å². The Labute approximate surface area is 146 Å². The number of halogens is 2. The lowest BCUT2D eigenvalue weighted by Crippen LogP contribution is -2.12. The van der Waals surface area contributed by atoms with Crippen LogP contribution in [0.1, 0.15) is 10.4 Å². The fourth-order valence-corrected chi connectivity index (χ4v) is 2.52. The molecule has 0 saturated heterocycles. The van der Waals surface area contributed by atoms with Gasteiger partial charge in [0.2, 0.25) is 0 Å². The number of nitrogens with one attached hydrogen (secondary N) is 2. The molecule has 2 aromatic carbocycles. The molecule has 0 aliphatic rings. The number of carbonyl (C=O) groups is 1. The van der Waals surface area contributed by atoms with Gasteiger partial charge in [-0.3, -0.25) is 9.78 Å². The molecule has 2 N–H and O–H groups in total. The van der Waals surface area contributed by atoms with Crippen molar-refractivity contribution in [1.29, 1.82) is 0 Å². The number of aromatic nitrogens is 1. The molecular formula is C18H13BrFN3O. The average Bonchev–Trinajstić information content (AvgIpc) is 2.57. The quantitative estimate of drug-likeness (QED) is 0.665. The van der Waals surface area contributed by atoms with Crippen LogP contribution in [0.15, 0.2) is 71.5 Å². The standard InChI is InChI=1S/C18H13BrFN3O/c19-13-4-3-5-14(9-13)23-18(24)12-8-15(11-21-10-12)22-17-7-2-1-6-16(17)20/h1-11,22H,(H,23,24). The van der Waals surface area contributed by atoms with Crippen LogP contribution in [-0.4, -0.2) is 10.9 Å². The van der Waals surface area contributed by atoms with E-state index in [0.717, 1.165) is 4.47 Å². The molecule has 3 rings (SSSR count). The van der Waals surface area contributed by atoms with Gasteiger partial charge in [-0.15, -0.1) is 0 Å². The fourth-order valence-electron chi connectivity index (χ4n) is 2.12. The van der Waals surface area contributed by atoms with Crippen molar-refractivity contribution in [3.05, 3.63) is 82.8 Å². The highest BCUT2D eigenvalue weighted by Gasteiger charge is 2.09. The van der Waals surface area contributed by atoms with Crippen LogP contribution in [0.3, 0.4) is 0 Å². The first-order chi connectivity index (χ1) is 11.6. The lowest BCUT2D eigenvalue weighted by atomic mass is 10.2. The summed E-state index contributed by atoms with van der Waals surface area (Å²) in [6, 6.07) is 15.2. The first-order valence-corrected chi connectivity index (χ1v) is 7.94. The third-order valence-corrected chi connectivity index (χ3v) is 3.73. The van der Waals surface area contributed by atoms with Gasteiger partial charge in [0.25, 0.3) is 5.91 Å². The smallest absolute Gasteiger partial charge is 0.257 e. The Kier molecular flexibility index (Phi) is 4.86. The molecule has 24 heavy (non-hydrogen) atoms. The molecule has 0 radical (unpaired) electrons. The number of hydrogen-bond donors (Lipinski definition) is 2. The molecule has 0 saturated carbocycles. The Hall–Kier alpha value is -2.73. The van der Waals surface area contributed by atoms with Crippen molar-refractivity contribution in [2.75, 3.05) is 10.6 Å². The Morgan fingerprint density at radius 2 is 1.83 bits per heavy atom. The largest absolute Gasteiger partial charge is 0.352 e. The zero-order chi connectivity index (χ0) is 16.9. The third kappa shape index (κ3) is 3.97. The maximum Gasteiger partial charge on any atom is 0.257 e. The van der Waals surface area contributed by atoms with Gasteiger partial charge >= 0.3 is 0 Å². The maximum atomic E-state index is 13.7. The van der Waals surface area contributed by atoms with Crippen molar-refractivity contribution in [1.82, 2.24) is 4.98 Å². The summed E-state index contributed by atoms with van der Waals surface area (Å²) in [5.74, 6) is -0.667. The van der Waals surface area contributed by atoms with Crippen molar-refractivity contribution >= 4 is 38.9 Å². The van der Waals surface area contributed by atoms with Gasteiger partial charge < -0.3 is 10.6 Å². The van der Waals surface area contributed by atoms with E-state index in [9.17, 15) is 9.18 Å². The number of anilines is 3. The summed E-state index contributed by atoms with van der Waals surface area (Å²) in [4.78, 5) is 16.4. The fraction of sp³-hybridized carbons (Fsp3) is 0. The van der Waals surface area contributed by atoms with Gasteiger partial charge in [0, 0.05) is 16.4 Å². The van der Waals surface area contributed by atoms with Crippen LogP contribution < -0.4 is 10.6 Å². The average molecular weight is 386 g/mol. The molecular weight excluding hydrogens is 373 g/mol. The van der Waals surface area contributed by atoms with E-state index in [1.807, 2.05) is 12.1 Å². The van der Waals surface area contributed by atoms with Crippen molar-refractivity contribution in [2.45, 2.75) is 0 Å². The number of para-hydroxylation sites is 1. The predicted octanol–water partition coefficient (Wildman–Crippen LogP) is 4.98. The summed E-state index contributed by atoms with van der Waals surface area (Å²) in [5.41, 5.74) is 1.89.